The molecule has 0 radical (unpaired) electrons. The first kappa shape index (κ1) is 13.4. The number of nitriles is 1. The lowest BCUT2D eigenvalue weighted by molar-refractivity contribution is 0.199. The number of hydrogen-bond donors (Lipinski definition) is 1. The van der Waals surface area contributed by atoms with Gasteiger partial charge in [-0.1, -0.05) is 19.8 Å². The van der Waals surface area contributed by atoms with E-state index in [2.05, 4.69) is 13.0 Å². The van der Waals surface area contributed by atoms with Crippen LogP contribution in [-0.2, 0) is 0 Å². The lowest BCUT2D eigenvalue weighted by Gasteiger charge is -2.21. The van der Waals surface area contributed by atoms with E-state index in [-0.39, 0.29) is 5.75 Å². The highest BCUT2D eigenvalue weighted by Crippen LogP contribution is 2.25. The molecule has 0 aromatic heterocycles. The Bertz CT molecular complexity index is 380. The number of hydrogen-bond acceptors (Lipinski definition) is 3. The van der Waals surface area contributed by atoms with E-state index >= 15 is 0 Å². The first-order valence-electron chi connectivity index (χ1n) is 5.93. The summed E-state index contributed by atoms with van der Waals surface area (Å²) in [7, 11) is 0. The summed E-state index contributed by atoms with van der Waals surface area (Å²) in [5, 5.41) is 18.3. The van der Waals surface area contributed by atoms with Gasteiger partial charge in [0.25, 0.3) is 0 Å². The summed E-state index contributed by atoms with van der Waals surface area (Å²) in [6.45, 7) is 4.41. The minimum Gasteiger partial charge on any atom is -0.508 e. The van der Waals surface area contributed by atoms with E-state index in [0.29, 0.717) is 12.4 Å². The van der Waals surface area contributed by atoms with Crippen LogP contribution in [0.15, 0.2) is 24.3 Å². The second-order valence-electron chi connectivity index (χ2n) is 4.56. The van der Waals surface area contributed by atoms with Crippen LogP contribution in [0.25, 0.3) is 0 Å². The number of rotatable bonds is 6. The summed E-state index contributed by atoms with van der Waals surface area (Å²) in [5.41, 5.74) is -0.437. The molecule has 0 saturated carbocycles. The molecular weight excluding hydrogens is 214 g/mol. The minimum absolute atomic E-state index is 0.214. The molecule has 1 rings (SSSR count). The maximum absolute atomic E-state index is 9.16. The predicted molar refractivity (Wildman–Crippen MR) is 66.8 cm³/mol. The molecule has 0 heterocycles. The number of ether oxygens (including phenoxy) is 1. The van der Waals surface area contributed by atoms with Crippen molar-refractivity contribution in [1.82, 2.24) is 0 Å². The van der Waals surface area contributed by atoms with Crippen LogP contribution in [0, 0.1) is 16.7 Å². The van der Waals surface area contributed by atoms with E-state index in [1.54, 1.807) is 24.3 Å². The molecule has 92 valence electrons. The fourth-order valence-electron chi connectivity index (χ4n) is 1.51. The highest BCUT2D eigenvalue weighted by molar-refractivity contribution is 5.30. The van der Waals surface area contributed by atoms with Crippen LogP contribution in [0.5, 0.6) is 11.5 Å². The monoisotopic (exact) mass is 233 g/mol. The Morgan fingerprint density at radius 1 is 1.35 bits per heavy atom. The Morgan fingerprint density at radius 2 is 2.00 bits per heavy atom. The van der Waals surface area contributed by atoms with Gasteiger partial charge in [-0.25, -0.2) is 0 Å². The highest BCUT2D eigenvalue weighted by Gasteiger charge is 2.24. The van der Waals surface area contributed by atoms with Crippen molar-refractivity contribution in [3.05, 3.63) is 24.3 Å². The van der Waals surface area contributed by atoms with E-state index < -0.39 is 5.41 Å². The molecule has 1 aromatic carbocycles. The summed E-state index contributed by atoms with van der Waals surface area (Å²) < 4.78 is 5.58. The molecule has 17 heavy (non-hydrogen) atoms. The molecule has 0 aliphatic carbocycles. The highest BCUT2D eigenvalue weighted by atomic mass is 16.5. The molecule has 0 aliphatic heterocycles. The van der Waals surface area contributed by atoms with Gasteiger partial charge in [0, 0.05) is 0 Å². The molecule has 0 saturated heterocycles. The lowest BCUT2D eigenvalue weighted by Crippen LogP contribution is -2.23. The summed E-state index contributed by atoms with van der Waals surface area (Å²) in [4.78, 5) is 0. The van der Waals surface area contributed by atoms with Crippen LogP contribution in [0.1, 0.15) is 33.1 Å². The van der Waals surface area contributed by atoms with E-state index in [0.717, 1.165) is 19.3 Å². The third-order valence-electron chi connectivity index (χ3n) is 2.75. The first-order chi connectivity index (χ1) is 8.09. The standard InChI is InChI=1S/C14H19NO2/c1-3-4-9-14(2,10-15)11-17-13-7-5-12(16)6-8-13/h5-8,16H,3-4,9,11H2,1-2H3. The Balaban J connectivity index is 2.53. The van der Waals surface area contributed by atoms with Crippen LogP contribution < -0.4 is 4.74 Å². The molecule has 0 fully saturated rings. The van der Waals surface area contributed by atoms with Gasteiger partial charge in [-0.3, -0.25) is 0 Å². The van der Waals surface area contributed by atoms with Crippen molar-refractivity contribution in [2.75, 3.05) is 6.61 Å². The fourth-order valence-corrected chi connectivity index (χ4v) is 1.51. The number of nitrogens with zero attached hydrogens (tertiary/aromatic N) is 1. The van der Waals surface area contributed by atoms with Crippen LogP contribution in [0.3, 0.4) is 0 Å². The Kier molecular flexibility index (Phi) is 4.84. The van der Waals surface area contributed by atoms with E-state index in [4.69, 9.17) is 15.1 Å². The van der Waals surface area contributed by atoms with Crippen molar-refractivity contribution >= 4 is 0 Å². The van der Waals surface area contributed by atoms with E-state index in [1.165, 1.54) is 0 Å². The number of phenols is 1. The van der Waals surface area contributed by atoms with Crippen LogP contribution >= 0.6 is 0 Å². The second-order valence-corrected chi connectivity index (χ2v) is 4.56. The van der Waals surface area contributed by atoms with Crippen molar-refractivity contribution in [3.8, 4) is 17.6 Å². The van der Waals surface area contributed by atoms with E-state index in [9.17, 15) is 0 Å². The van der Waals surface area contributed by atoms with Gasteiger partial charge in [0.05, 0.1) is 11.5 Å². The van der Waals surface area contributed by atoms with Gasteiger partial charge in [0.2, 0.25) is 0 Å². The second kappa shape index (κ2) is 6.15. The Morgan fingerprint density at radius 3 is 2.53 bits per heavy atom. The summed E-state index contributed by atoms with van der Waals surface area (Å²) in [6, 6.07) is 8.87. The van der Waals surface area contributed by atoms with Crippen molar-refractivity contribution in [1.29, 1.82) is 5.26 Å². The molecular formula is C14H19NO2. The van der Waals surface area contributed by atoms with Gasteiger partial charge in [-0.15, -0.1) is 0 Å². The molecule has 1 aromatic rings. The van der Waals surface area contributed by atoms with Crippen molar-refractivity contribution < 1.29 is 9.84 Å². The topological polar surface area (TPSA) is 53.2 Å². The molecule has 1 unspecified atom stereocenters. The SMILES string of the molecule is CCCCC(C)(C#N)COc1ccc(O)cc1. The number of benzene rings is 1. The zero-order valence-electron chi connectivity index (χ0n) is 10.4. The Hall–Kier alpha value is -1.69. The maximum atomic E-state index is 9.16. The molecule has 1 atom stereocenters. The van der Waals surface area contributed by atoms with Crippen LogP contribution in [0.4, 0.5) is 0 Å². The van der Waals surface area contributed by atoms with Gasteiger partial charge in [0.1, 0.15) is 18.1 Å². The molecule has 0 bridgehead atoms. The largest absolute Gasteiger partial charge is 0.508 e. The van der Waals surface area contributed by atoms with Gasteiger partial charge < -0.3 is 9.84 Å². The lowest BCUT2D eigenvalue weighted by atomic mass is 9.87. The quantitative estimate of drug-likeness (QED) is 0.818. The molecule has 1 N–H and O–H groups in total. The normalized spacial score (nSPS) is 13.7. The van der Waals surface area contributed by atoms with Crippen LogP contribution in [-0.4, -0.2) is 11.7 Å². The molecule has 3 heteroatoms. The molecule has 0 spiro atoms. The van der Waals surface area contributed by atoms with Gasteiger partial charge >= 0.3 is 0 Å². The summed E-state index contributed by atoms with van der Waals surface area (Å²) in [5.74, 6) is 0.896. The minimum atomic E-state index is -0.437. The van der Waals surface area contributed by atoms with Gasteiger partial charge in [-0.2, -0.15) is 5.26 Å². The fraction of sp³-hybridized carbons (Fsp3) is 0.500. The van der Waals surface area contributed by atoms with Gasteiger partial charge in [0.15, 0.2) is 0 Å². The Labute approximate surface area is 103 Å². The average Bonchev–Trinajstić information content (AvgIpc) is 2.36. The smallest absolute Gasteiger partial charge is 0.119 e. The maximum Gasteiger partial charge on any atom is 0.119 e. The zero-order chi connectivity index (χ0) is 12.7. The molecule has 0 aliphatic rings. The zero-order valence-corrected chi connectivity index (χ0v) is 10.4. The third-order valence-corrected chi connectivity index (χ3v) is 2.75. The molecule has 0 amide bonds. The van der Waals surface area contributed by atoms with Crippen molar-refractivity contribution in [2.24, 2.45) is 5.41 Å². The van der Waals surface area contributed by atoms with Crippen molar-refractivity contribution in [2.45, 2.75) is 33.1 Å². The average molecular weight is 233 g/mol. The van der Waals surface area contributed by atoms with Crippen molar-refractivity contribution in [3.63, 3.8) is 0 Å². The first-order valence-corrected chi connectivity index (χ1v) is 5.93. The summed E-state index contributed by atoms with van der Waals surface area (Å²) in [6.07, 6.45) is 2.96. The van der Waals surface area contributed by atoms with E-state index in [1.807, 2.05) is 6.92 Å². The van der Waals surface area contributed by atoms with Crippen LogP contribution in [0.2, 0.25) is 0 Å². The molecule has 3 nitrogen and oxygen atoms in total. The number of aromatic hydroxyl groups is 1. The number of phenolic OH excluding ortho intramolecular Hbond substituents is 1. The summed E-state index contributed by atoms with van der Waals surface area (Å²) >= 11 is 0. The number of unbranched alkanes of at least 4 members (excludes halogenated alkanes) is 1. The van der Waals surface area contributed by atoms with Gasteiger partial charge in [-0.05, 0) is 37.6 Å². The predicted octanol–water partition coefficient (Wildman–Crippen LogP) is 3.49. The third kappa shape index (κ3) is 4.36.